The van der Waals surface area contributed by atoms with E-state index < -0.39 is 0 Å². The minimum atomic E-state index is -0.237. The maximum absolute atomic E-state index is 13.8. The number of benzene rings is 1. The Morgan fingerprint density at radius 1 is 1.56 bits per heavy atom. The first-order valence-electron chi connectivity index (χ1n) is 5.32. The Labute approximate surface area is 96.6 Å². The molecule has 16 heavy (non-hydrogen) atoms. The Balaban J connectivity index is 2.94. The number of hydrogen-bond acceptors (Lipinski definition) is 2. The van der Waals surface area contributed by atoms with E-state index in [0.29, 0.717) is 12.2 Å². The molecule has 3 heteroatoms. The number of halogens is 1. The molecule has 0 aliphatic rings. The van der Waals surface area contributed by atoms with Crippen molar-refractivity contribution in [2.75, 3.05) is 18.5 Å². The molecule has 2 N–H and O–H groups in total. The van der Waals surface area contributed by atoms with Gasteiger partial charge in [0.15, 0.2) is 0 Å². The molecule has 0 aliphatic carbocycles. The van der Waals surface area contributed by atoms with Crippen LogP contribution in [0.4, 0.5) is 10.1 Å². The van der Waals surface area contributed by atoms with E-state index in [1.54, 1.807) is 6.07 Å². The van der Waals surface area contributed by atoms with Gasteiger partial charge >= 0.3 is 0 Å². The molecule has 1 aromatic rings. The van der Waals surface area contributed by atoms with E-state index in [-0.39, 0.29) is 11.9 Å². The van der Waals surface area contributed by atoms with Crippen LogP contribution >= 0.6 is 0 Å². The van der Waals surface area contributed by atoms with E-state index in [0.717, 1.165) is 11.1 Å². The van der Waals surface area contributed by atoms with Crippen molar-refractivity contribution in [1.82, 2.24) is 0 Å². The van der Waals surface area contributed by atoms with Gasteiger partial charge in [-0.3, -0.25) is 0 Å². The molecule has 1 atom stereocenters. The van der Waals surface area contributed by atoms with Crippen LogP contribution in [-0.2, 0) is 0 Å². The van der Waals surface area contributed by atoms with Crippen LogP contribution in [0.3, 0.4) is 0 Å². The first-order chi connectivity index (χ1) is 7.41. The summed E-state index contributed by atoms with van der Waals surface area (Å²) >= 11 is 0. The van der Waals surface area contributed by atoms with Crippen molar-refractivity contribution >= 4 is 5.69 Å². The van der Waals surface area contributed by atoms with E-state index in [2.05, 4.69) is 6.58 Å². The fourth-order valence-electron chi connectivity index (χ4n) is 1.61. The zero-order valence-corrected chi connectivity index (χ0v) is 10.1. The van der Waals surface area contributed by atoms with E-state index >= 15 is 0 Å². The van der Waals surface area contributed by atoms with Crippen molar-refractivity contribution < 1.29 is 4.39 Å². The largest absolute Gasteiger partial charge is 0.368 e. The molecule has 0 spiro atoms. The molecule has 0 amide bonds. The third-order valence-electron chi connectivity index (χ3n) is 2.42. The molecule has 0 unspecified atom stereocenters. The van der Waals surface area contributed by atoms with Gasteiger partial charge in [-0.2, -0.15) is 0 Å². The SMILES string of the molecule is C=C(C)CN(C)c1ccc([C@@H](C)N)cc1F. The molecule has 0 heterocycles. The predicted molar refractivity (Wildman–Crippen MR) is 67.1 cm³/mol. The van der Waals surface area contributed by atoms with Crippen LogP contribution in [0.1, 0.15) is 25.5 Å². The summed E-state index contributed by atoms with van der Waals surface area (Å²) in [4.78, 5) is 1.84. The Morgan fingerprint density at radius 3 is 2.62 bits per heavy atom. The first kappa shape index (κ1) is 12.7. The number of nitrogens with two attached hydrogens (primary N) is 1. The van der Waals surface area contributed by atoms with Crippen LogP contribution in [0.25, 0.3) is 0 Å². The van der Waals surface area contributed by atoms with Crippen molar-refractivity contribution in [3.63, 3.8) is 0 Å². The summed E-state index contributed by atoms with van der Waals surface area (Å²) in [6, 6.07) is 4.97. The molecule has 0 aromatic heterocycles. The van der Waals surface area contributed by atoms with Gasteiger partial charge in [-0.1, -0.05) is 18.2 Å². The predicted octanol–water partition coefficient (Wildman–Crippen LogP) is 2.86. The maximum atomic E-state index is 13.8. The molecular formula is C13H19FN2. The van der Waals surface area contributed by atoms with E-state index in [1.165, 1.54) is 6.07 Å². The topological polar surface area (TPSA) is 29.3 Å². The molecule has 0 fully saturated rings. The van der Waals surface area contributed by atoms with Gasteiger partial charge in [0.2, 0.25) is 0 Å². The highest BCUT2D eigenvalue weighted by molar-refractivity contribution is 5.49. The lowest BCUT2D eigenvalue weighted by atomic mass is 10.1. The van der Waals surface area contributed by atoms with Crippen LogP contribution in [0.2, 0.25) is 0 Å². The second kappa shape index (κ2) is 5.12. The van der Waals surface area contributed by atoms with Gasteiger partial charge in [-0.05, 0) is 31.5 Å². The Morgan fingerprint density at radius 2 is 2.19 bits per heavy atom. The maximum Gasteiger partial charge on any atom is 0.146 e. The second-order valence-electron chi connectivity index (χ2n) is 4.31. The van der Waals surface area contributed by atoms with Crippen LogP contribution in [-0.4, -0.2) is 13.6 Å². The summed E-state index contributed by atoms with van der Waals surface area (Å²) in [7, 11) is 1.85. The third kappa shape index (κ3) is 3.07. The highest BCUT2D eigenvalue weighted by Gasteiger charge is 2.09. The Bertz CT molecular complexity index is 386. The Hall–Kier alpha value is -1.35. The van der Waals surface area contributed by atoms with Crippen LogP contribution in [0.5, 0.6) is 0 Å². The fraction of sp³-hybridized carbons (Fsp3) is 0.385. The van der Waals surface area contributed by atoms with Crippen molar-refractivity contribution in [2.45, 2.75) is 19.9 Å². The number of rotatable bonds is 4. The van der Waals surface area contributed by atoms with Crippen LogP contribution in [0.15, 0.2) is 30.4 Å². The summed E-state index contributed by atoms with van der Waals surface area (Å²) in [6.07, 6.45) is 0. The molecule has 0 aliphatic heterocycles. The van der Waals surface area contributed by atoms with Crippen molar-refractivity contribution in [3.8, 4) is 0 Å². The summed E-state index contributed by atoms with van der Waals surface area (Å²) in [5.74, 6) is -0.237. The molecular weight excluding hydrogens is 203 g/mol. The summed E-state index contributed by atoms with van der Waals surface area (Å²) in [5.41, 5.74) is 8.08. The zero-order chi connectivity index (χ0) is 12.3. The van der Waals surface area contributed by atoms with Crippen LogP contribution in [0, 0.1) is 5.82 Å². The standard InChI is InChI=1S/C13H19FN2/c1-9(2)8-16(4)13-6-5-11(10(3)15)7-12(13)14/h5-7,10H,1,8,15H2,2-4H3/t10-/m1/s1. The Kier molecular flexibility index (Phi) is 4.07. The molecule has 0 radical (unpaired) electrons. The van der Waals surface area contributed by atoms with Gasteiger partial charge in [0.05, 0.1) is 5.69 Å². The average molecular weight is 222 g/mol. The van der Waals surface area contributed by atoms with Gasteiger partial charge in [-0.25, -0.2) is 4.39 Å². The zero-order valence-electron chi connectivity index (χ0n) is 10.1. The highest BCUT2D eigenvalue weighted by atomic mass is 19.1. The normalized spacial score (nSPS) is 12.3. The summed E-state index contributed by atoms with van der Waals surface area (Å²) in [5, 5.41) is 0. The number of anilines is 1. The molecule has 0 bridgehead atoms. The fourth-order valence-corrected chi connectivity index (χ4v) is 1.61. The molecule has 1 rings (SSSR count). The van der Waals surface area contributed by atoms with Crippen molar-refractivity contribution in [1.29, 1.82) is 0 Å². The first-order valence-corrected chi connectivity index (χ1v) is 5.32. The molecule has 0 saturated carbocycles. The van der Waals surface area contributed by atoms with Crippen molar-refractivity contribution in [2.24, 2.45) is 5.73 Å². The summed E-state index contributed by atoms with van der Waals surface area (Å²) < 4.78 is 13.8. The third-order valence-corrected chi connectivity index (χ3v) is 2.42. The lowest BCUT2D eigenvalue weighted by Crippen LogP contribution is -2.20. The monoisotopic (exact) mass is 222 g/mol. The van der Waals surface area contributed by atoms with Gasteiger partial charge in [0.1, 0.15) is 5.82 Å². The van der Waals surface area contributed by atoms with Crippen molar-refractivity contribution in [3.05, 3.63) is 41.7 Å². The molecule has 0 saturated heterocycles. The van der Waals surface area contributed by atoms with Gasteiger partial charge < -0.3 is 10.6 Å². The minimum Gasteiger partial charge on any atom is -0.368 e. The van der Waals surface area contributed by atoms with Gasteiger partial charge in [-0.15, -0.1) is 0 Å². The van der Waals surface area contributed by atoms with Gasteiger partial charge in [0, 0.05) is 19.6 Å². The van der Waals surface area contributed by atoms with E-state index in [1.807, 2.05) is 31.9 Å². The average Bonchev–Trinajstić information content (AvgIpc) is 2.15. The number of nitrogens with zero attached hydrogens (tertiary/aromatic N) is 1. The lowest BCUT2D eigenvalue weighted by molar-refractivity contribution is 0.619. The molecule has 2 nitrogen and oxygen atoms in total. The minimum absolute atomic E-state index is 0.144. The number of hydrogen-bond donors (Lipinski definition) is 1. The number of likely N-dealkylation sites (N-methyl/N-ethyl adjacent to an activating group) is 1. The van der Waals surface area contributed by atoms with Crippen LogP contribution < -0.4 is 10.6 Å². The highest BCUT2D eigenvalue weighted by Crippen LogP contribution is 2.22. The quantitative estimate of drug-likeness (QED) is 0.794. The second-order valence-corrected chi connectivity index (χ2v) is 4.31. The molecule has 88 valence electrons. The lowest BCUT2D eigenvalue weighted by Gasteiger charge is -2.20. The summed E-state index contributed by atoms with van der Waals surface area (Å²) in [6.45, 7) is 8.22. The van der Waals surface area contributed by atoms with E-state index in [4.69, 9.17) is 5.73 Å². The van der Waals surface area contributed by atoms with E-state index in [9.17, 15) is 4.39 Å². The molecule has 1 aromatic carbocycles. The smallest absolute Gasteiger partial charge is 0.146 e. The van der Waals surface area contributed by atoms with Gasteiger partial charge in [0.25, 0.3) is 0 Å².